The van der Waals surface area contributed by atoms with Crippen LogP contribution in [0.2, 0.25) is 5.02 Å². The third kappa shape index (κ3) is 3.46. The van der Waals surface area contributed by atoms with Crippen LogP contribution in [0.25, 0.3) is 0 Å². The second kappa shape index (κ2) is 7.79. The molecule has 24 heavy (non-hydrogen) atoms. The van der Waals surface area contributed by atoms with Crippen molar-refractivity contribution < 1.29 is 19.1 Å². The van der Waals surface area contributed by atoms with Crippen LogP contribution in [0.15, 0.2) is 24.3 Å². The van der Waals surface area contributed by atoms with E-state index in [9.17, 15) is 14.4 Å². The van der Waals surface area contributed by atoms with Gasteiger partial charge in [0.25, 0.3) is 0 Å². The van der Waals surface area contributed by atoms with Gasteiger partial charge in [-0.2, -0.15) is 0 Å². The molecule has 130 valence electrons. The van der Waals surface area contributed by atoms with E-state index < -0.39 is 11.5 Å². The number of hydrogen-bond donors (Lipinski definition) is 0. The second-order valence-electron chi connectivity index (χ2n) is 6.00. The number of carbonyl (C=O) groups is 3. The monoisotopic (exact) mass is 351 g/mol. The number of rotatable bonds is 5. The van der Waals surface area contributed by atoms with Gasteiger partial charge in [-0.25, -0.2) is 0 Å². The third-order valence-electron chi connectivity index (χ3n) is 4.69. The fourth-order valence-electron chi connectivity index (χ4n) is 3.32. The van der Waals surface area contributed by atoms with Crippen molar-refractivity contribution in [3.8, 4) is 0 Å². The van der Waals surface area contributed by atoms with E-state index in [2.05, 4.69) is 4.74 Å². The molecule has 1 fully saturated rings. The maximum absolute atomic E-state index is 12.9. The maximum atomic E-state index is 12.9. The van der Waals surface area contributed by atoms with Crippen LogP contribution in [0.1, 0.15) is 44.1 Å². The highest BCUT2D eigenvalue weighted by Crippen LogP contribution is 2.42. The number of esters is 1. The number of benzene rings is 1. The molecule has 1 aliphatic carbocycles. The molecule has 1 aliphatic rings. The van der Waals surface area contributed by atoms with Crippen molar-refractivity contribution >= 4 is 29.3 Å². The van der Waals surface area contributed by atoms with Crippen LogP contribution in [-0.4, -0.2) is 36.7 Å². The predicted octanol–water partition coefficient (Wildman–Crippen LogP) is 3.09. The molecule has 1 aromatic rings. The van der Waals surface area contributed by atoms with E-state index in [1.165, 1.54) is 12.0 Å². The molecule has 1 amide bonds. The summed E-state index contributed by atoms with van der Waals surface area (Å²) in [6, 6.07) is 7.15. The molecule has 0 unspecified atom stereocenters. The van der Waals surface area contributed by atoms with Gasteiger partial charge < -0.3 is 9.64 Å². The normalized spacial score (nSPS) is 20.5. The van der Waals surface area contributed by atoms with Gasteiger partial charge in [0.2, 0.25) is 5.91 Å². The number of nitrogens with zero attached hydrogens (tertiary/aromatic N) is 1. The minimum atomic E-state index is -1.05. The highest BCUT2D eigenvalue weighted by molar-refractivity contribution is 6.31. The van der Waals surface area contributed by atoms with Crippen LogP contribution >= 0.6 is 11.6 Å². The van der Waals surface area contributed by atoms with Gasteiger partial charge in [0.15, 0.2) is 5.78 Å². The summed E-state index contributed by atoms with van der Waals surface area (Å²) in [7, 11) is 2.90. The predicted molar refractivity (Wildman–Crippen MR) is 90.6 cm³/mol. The van der Waals surface area contributed by atoms with Crippen molar-refractivity contribution in [2.75, 3.05) is 14.2 Å². The summed E-state index contributed by atoms with van der Waals surface area (Å²) in [5.74, 6) is -0.718. The first-order valence-electron chi connectivity index (χ1n) is 8.05. The van der Waals surface area contributed by atoms with Crippen molar-refractivity contribution in [3.05, 3.63) is 34.9 Å². The Morgan fingerprint density at radius 1 is 1.25 bits per heavy atom. The maximum Gasteiger partial charge on any atom is 0.306 e. The van der Waals surface area contributed by atoms with Crippen LogP contribution in [0.5, 0.6) is 0 Å². The van der Waals surface area contributed by atoms with Crippen molar-refractivity contribution in [2.45, 2.75) is 44.1 Å². The zero-order valence-corrected chi connectivity index (χ0v) is 14.8. The van der Waals surface area contributed by atoms with Crippen molar-refractivity contribution in [3.63, 3.8) is 0 Å². The summed E-state index contributed by atoms with van der Waals surface area (Å²) in [4.78, 5) is 38.3. The number of likely N-dealkylation sites (N-methyl/N-ethyl adjacent to an activating group) is 1. The Hall–Kier alpha value is -1.88. The molecule has 0 radical (unpaired) electrons. The third-order valence-corrected chi connectivity index (χ3v) is 5.02. The first kappa shape index (κ1) is 18.5. The lowest BCUT2D eigenvalue weighted by molar-refractivity contribution is -0.150. The molecular formula is C18H22ClNO4. The Balaban J connectivity index is 2.36. The first-order valence-corrected chi connectivity index (χ1v) is 8.43. The highest BCUT2D eigenvalue weighted by atomic mass is 35.5. The highest BCUT2D eigenvalue weighted by Gasteiger charge is 2.47. The van der Waals surface area contributed by atoms with Crippen LogP contribution in [0.3, 0.4) is 0 Å². The summed E-state index contributed by atoms with van der Waals surface area (Å²) < 4.78 is 4.58. The molecule has 0 N–H and O–H groups in total. The number of hydrogen-bond acceptors (Lipinski definition) is 4. The molecule has 1 saturated carbocycles. The van der Waals surface area contributed by atoms with Crippen molar-refractivity contribution in [2.24, 2.45) is 0 Å². The number of carbonyl (C=O) groups excluding carboxylic acids is 3. The average Bonchev–Trinajstić information content (AvgIpc) is 2.60. The van der Waals surface area contributed by atoms with E-state index in [1.807, 2.05) is 6.07 Å². The molecule has 1 atom stereocenters. The van der Waals surface area contributed by atoms with E-state index in [0.717, 1.165) is 12.8 Å². The number of halogens is 1. The number of methoxy groups -OCH3 is 1. The Bertz CT molecular complexity index is 646. The van der Waals surface area contributed by atoms with E-state index in [1.54, 1.807) is 25.2 Å². The summed E-state index contributed by atoms with van der Waals surface area (Å²) in [5.41, 5.74) is -0.394. The smallest absolute Gasteiger partial charge is 0.306 e. The molecule has 0 aromatic heterocycles. The van der Waals surface area contributed by atoms with Gasteiger partial charge in [0.05, 0.1) is 13.5 Å². The van der Waals surface area contributed by atoms with Crippen molar-refractivity contribution in [1.29, 1.82) is 0 Å². The molecule has 0 spiro atoms. The minimum absolute atomic E-state index is 0.00263. The molecule has 2 rings (SSSR count). The fraction of sp³-hybridized carbons (Fsp3) is 0.500. The standard InChI is InChI=1S/C18H22ClNO4/c1-20(16(22)10-11-17(23)24-2)18(12-6-5-9-15(18)21)13-7-3-4-8-14(13)19/h3-4,7-8H,5-6,9-12H2,1-2H3/t18-/m0/s1. The molecule has 0 heterocycles. The molecule has 5 nitrogen and oxygen atoms in total. The lowest BCUT2D eigenvalue weighted by Crippen LogP contribution is -2.54. The number of amides is 1. The first-order chi connectivity index (χ1) is 11.4. The van der Waals surface area contributed by atoms with E-state index >= 15 is 0 Å². The van der Waals surface area contributed by atoms with Gasteiger partial charge in [0, 0.05) is 30.5 Å². The van der Waals surface area contributed by atoms with Crippen LogP contribution in [-0.2, 0) is 24.7 Å². The summed E-state index contributed by atoms with van der Waals surface area (Å²) >= 11 is 6.35. The zero-order chi connectivity index (χ0) is 17.7. The number of Topliss-reactive ketones (excluding diaryl/α,β-unsaturated/α-hetero) is 1. The van der Waals surface area contributed by atoms with Gasteiger partial charge in [-0.05, 0) is 25.3 Å². The Kier molecular flexibility index (Phi) is 5.99. The SMILES string of the molecule is COC(=O)CCC(=O)N(C)[C@]1(c2ccccc2Cl)CCCCC1=O. The van der Waals surface area contributed by atoms with Gasteiger partial charge in [0.1, 0.15) is 5.54 Å². The van der Waals surface area contributed by atoms with Crippen LogP contribution in [0, 0.1) is 0 Å². The molecular weight excluding hydrogens is 330 g/mol. The lowest BCUT2D eigenvalue weighted by Gasteiger charge is -2.44. The Morgan fingerprint density at radius 3 is 2.58 bits per heavy atom. The van der Waals surface area contributed by atoms with E-state index in [-0.39, 0.29) is 24.5 Å². The summed E-state index contributed by atoms with van der Waals surface area (Å²) in [6.45, 7) is 0. The number of ether oxygens (including phenoxy) is 1. The van der Waals surface area contributed by atoms with Gasteiger partial charge in [-0.3, -0.25) is 14.4 Å². The van der Waals surface area contributed by atoms with Gasteiger partial charge in [-0.1, -0.05) is 29.8 Å². The summed E-state index contributed by atoms with van der Waals surface area (Å²) in [6.07, 6.45) is 2.60. The van der Waals surface area contributed by atoms with Gasteiger partial charge >= 0.3 is 5.97 Å². The largest absolute Gasteiger partial charge is 0.469 e. The lowest BCUT2D eigenvalue weighted by atomic mass is 9.74. The average molecular weight is 352 g/mol. The Morgan fingerprint density at radius 2 is 1.96 bits per heavy atom. The number of ketones is 1. The van der Waals surface area contributed by atoms with Crippen LogP contribution in [0.4, 0.5) is 0 Å². The molecule has 1 aromatic carbocycles. The van der Waals surface area contributed by atoms with Gasteiger partial charge in [-0.15, -0.1) is 0 Å². The van der Waals surface area contributed by atoms with E-state index in [0.29, 0.717) is 23.4 Å². The molecule has 0 bridgehead atoms. The van der Waals surface area contributed by atoms with Crippen LogP contribution < -0.4 is 0 Å². The molecule has 6 heteroatoms. The van der Waals surface area contributed by atoms with E-state index in [4.69, 9.17) is 11.6 Å². The van der Waals surface area contributed by atoms with Crippen molar-refractivity contribution in [1.82, 2.24) is 4.90 Å². The topological polar surface area (TPSA) is 63.7 Å². The molecule has 0 saturated heterocycles. The fourth-order valence-corrected chi connectivity index (χ4v) is 3.61. The Labute approximate surface area is 146 Å². The summed E-state index contributed by atoms with van der Waals surface area (Å²) in [5, 5.41) is 0.473. The molecule has 0 aliphatic heterocycles. The quantitative estimate of drug-likeness (QED) is 0.765. The minimum Gasteiger partial charge on any atom is -0.469 e. The zero-order valence-electron chi connectivity index (χ0n) is 14.0. The second-order valence-corrected chi connectivity index (χ2v) is 6.41.